The van der Waals surface area contributed by atoms with E-state index < -0.39 is 6.10 Å². The standard InChI is InChI=1S/C8H14N2O3/c1-9-4-6(11)5-2-7(12)10-8(13)3-5/h5-6,9,11H,2-4H2,1H3,(H,10,12,13). The van der Waals surface area contributed by atoms with Crippen LogP contribution in [0.4, 0.5) is 0 Å². The summed E-state index contributed by atoms with van der Waals surface area (Å²) in [7, 11) is 1.72. The number of amides is 2. The second-order valence-corrected chi connectivity index (χ2v) is 3.26. The minimum Gasteiger partial charge on any atom is -0.391 e. The van der Waals surface area contributed by atoms with Gasteiger partial charge < -0.3 is 10.4 Å². The van der Waals surface area contributed by atoms with Crippen LogP contribution in [0.5, 0.6) is 0 Å². The van der Waals surface area contributed by atoms with E-state index in [9.17, 15) is 14.7 Å². The molecule has 1 heterocycles. The molecular formula is C8H14N2O3. The van der Waals surface area contributed by atoms with E-state index in [1.165, 1.54) is 0 Å². The summed E-state index contributed by atoms with van der Waals surface area (Å²) >= 11 is 0. The van der Waals surface area contributed by atoms with Crippen LogP contribution in [-0.2, 0) is 9.59 Å². The third-order valence-electron chi connectivity index (χ3n) is 2.13. The van der Waals surface area contributed by atoms with Crippen molar-refractivity contribution in [2.75, 3.05) is 13.6 Å². The molecule has 0 aliphatic carbocycles. The molecule has 74 valence electrons. The van der Waals surface area contributed by atoms with Crippen molar-refractivity contribution in [3.8, 4) is 0 Å². The fraction of sp³-hybridized carbons (Fsp3) is 0.750. The topological polar surface area (TPSA) is 78.4 Å². The lowest BCUT2D eigenvalue weighted by Crippen LogP contribution is -2.44. The van der Waals surface area contributed by atoms with Crippen molar-refractivity contribution in [3.63, 3.8) is 0 Å². The molecule has 5 nitrogen and oxygen atoms in total. The number of nitrogens with one attached hydrogen (secondary N) is 2. The Morgan fingerprint density at radius 3 is 2.54 bits per heavy atom. The first kappa shape index (κ1) is 10.1. The van der Waals surface area contributed by atoms with Gasteiger partial charge in [0, 0.05) is 25.3 Å². The average molecular weight is 186 g/mol. The molecule has 0 aromatic heterocycles. The van der Waals surface area contributed by atoms with Crippen LogP contribution in [0.25, 0.3) is 0 Å². The van der Waals surface area contributed by atoms with Gasteiger partial charge in [0.15, 0.2) is 0 Å². The minimum absolute atomic E-state index is 0.231. The molecule has 0 spiro atoms. The van der Waals surface area contributed by atoms with Crippen molar-refractivity contribution in [2.24, 2.45) is 5.92 Å². The molecule has 0 aromatic carbocycles. The largest absolute Gasteiger partial charge is 0.391 e. The highest BCUT2D eigenvalue weighted by Gasteiger charge is 2.29. The number of carbonyl (C=O) groups is 2. The Morgan fingerprint density at radius 2 is 2.08 bits per heavy atom. The lowest BCUT2D eigenvalue weighted by atomic mass is 9.91. The Bertz CT molecular complexity index is 201. The first-order valence-electron chi connectivity index (χ1n) is 4.29. The zero-order valence-electron chi connectivity index (χ0n) is 7.54. The molecule has 1 atom stereocenters. The molecule has 0 bridgehead atoms. The maximum absolute atomic E-state index is 10.9. The molecule has 0 aromatic rings. The zero-order valence-corrected chi connectivity index (χ0v) is 7.54. The van der Waals surface area contributed by atoms with Crippen LogP contribution in [0, 0.1) is 5.92 Å². The quantitative estimate of drug-likeness (QED) is 0.475. The summed E-state index contributed by atoms with van der Waals surface area (Å²) in [4.78, 5) is 21.9. The third kappa shape index (κ3) is 2.78. The first-order chi connectivity index (χ1) is 6.13. The summed E-state index contributed by atoms with van der Waals surface area (Å²) < 4.78 is 0. The fourth-order valence-corrected chi connectivity index (χ4v) is 1.45. The van der Waals surface area contributed by atoms with Gasteiger partial charge in [0.25, 0.3) is 0 Å². The SMILES string of the molecule is CNCC(O)C1CC(=O)NC(=O)C1. The second kappa shape index (κ2) is 4.34. The van der Waals surface area contributed by atoms with Crippen LogP contribution >= 0.6 is 0 Å². The predicted molar refractivity (Wildman–Crippen MR) is 45.8 cm³/mol. The molecule has 2 amide bonds. The molecule has 3 N–H and O–H groups in total. The van der Waals surface area contributed by atoms with Crippen molar-refractivity contribution < 1.29 is 14.7 Å². The van der Waals surface area contributed by atoms with Crippen LogP contribution in [0.1, 0.15) is 12.8 Å². The first-order valence-corrected chi connectivity index (χ1v) is 4.29. The monoisotopic (exact) mass is 186 g/mol. The average Bonchev–Trinajstić information content (AvgIpc) is 2.03. The van der Waals surface area contributed by atoms with E-state index in [1.54, 1.807) is 7.05 Å². The molecule has 5 heteroatoms. The van der Waals surface area contributed by atoms with Gasteiger partial charge in [0.1, 0.15) is 0 Å². The van der Waals surface area contributed by atoms with Gasteiger partial charge in [-0.05, 0) is 7.05 Å². The predicted octanol–water partition coefficient (Wildman–Crippen LogP) is -1.38. The molecule has 1 saturated heterocycles. The van der Waals surface area contributed by atoms with E-state index in [0.29, 0.717) is 6.54 Å². The summed E-state index contributed by atoms with van der Waals surface area (Å²) in [5, 5.41) is 14.5. The molecule has 1 unspecified atom stereocenters. The van der Waals surface area contributed by atoms with Crippen molar-refractivity contribution in [2.45, 2.75) is 18.9 Å². The lowest BCUT2D eigenvalue weighted by molar-refractivity contribution is -0.136. The molecule has 1 aliphatic heterocycles. The highest BCUT2D eigenvalue weighted by Crippen LogP contribution is 2.17. The summed E-state index contributed by atoms with van der Waals surface area (Å²) in [6.07, 6.45) is -0.164. The number of aliphatic hydroxyl groups excluding tert-OH is 1. The number of rotatable bonds is 3. The summed E-state index contributed by atoms with van der Waals surface area (Å²) in [5.74, 6) is -0.832. The molecule has 1 fully saturated rings. The van der Waals surface area contributed by atoms with Crippen LogP contribution < -0.4 is 10.6 Å². The van der Waals surface area contributed by atoms with Gasteiger partial charge in [-0.3, -0.25) is 14.9 Å². The smallest absolute Gasteiger partial charge is 0.226 e. The maximum Gasteiger partial charge on any atom is 0.226 e. The van der Waals surface area contributed by atoms with E-state index in [4.69, 9.17) is 0 Å². The van der Waals surface area contributed by atoms with Gasteiger partial charge in [0.05, 0.1) is 6.10 Å². The summed E-state index contributed by atoms with van der Waals surface area (Å²) in [6.45, 7) is 0.408. The van der Waals surface area contributed by atoms with Crippen LogP contribution in [-0.4, -0.2) is 36.6 Å². The summed E-state index contributed by atoms with van der Waals surface area (Å²) in [5.41, 5.74) is 0. The van der Waals surface area contributed by atoms with Crippen LogP contribution in [0.3, 0.4) is 0 Å². The number of hydrogen-bond acceptors (Lipinski definition) is 4. The third-order valence-corrected chi connectivity index (χ3v) is 2.13. The van der Waals surface area contributed by atoms with Gasteiger partial charge >= 0.3 is 0 Å². The molecule has 0 radical (unpaired) electrons. The van der Waals surface area contributed by atoms with Crippen molar-refractivity contribution in [3.05, 3.63) is 0 Å². The molecule has 13 heavy (non-hydrogen) atoms. The van der Waals surface area contributed by atoms with Gasteiger partial charge in [0.2, 0.25) is 11.8 Å². The number of carbonyl (C=O) groups excluding carboxylic acids is 2. The highest BCUT2D eigenvalue weighted by molar-refractivity contribution is 5.97. The number of aliphatic hydroxyl groups is 1. The number of hydrogen-bond donors (Lipinski definition) is 3. The van der Waals surface area contributed by atoms with Crippen molar-refractivity contribution in [1.82, 2.24) is 10.6 Å². The second-order valence-electron chi connectivity index (χ2n) is 3.26. The molecule has 1 rings (SSSR count). The molecule has 1 aliphatic rings. The Kier molecular flexibility index (Phi) is 3.39. The normalized spacial score (nSPS) is 21.4. The lowest BCUT2D eigenvalue weighted by Gasteiger charge is -2.25. The van der Waals surface area contributed by atoms with Crippen LogP contribution in [0.2, 0.25) is 0 Å². The number of likely N-dealkylation sites (N-methyl/N-ethyl adjacent to an activating group) is 1. The van der Waals surface area contributed by atoms with E-state index in [0.717, 1.165) is 0 Å². The van der Waals surface area contributed by atoms with Crippen molar-refractivity contribution >= 4 is 11.8 Å². The number of piperidine rings is 1. The summed E-state index contributed by atoms with van der Waals surface area (Å²) in [6, 6.07) is 0. The maximum atomic E-state index is 10.9. The minimum atomic E-state index is -0.625. The Hall–Kier alpha value is -0.940. The Labute approximate surface area is 76.5 Å². The van der Waals surface area contributed by atoms with Crippen molar-refractivity contribution in [1.29, 1.82) is 0 Å². The van der Waals surface area contributed by atoms with Crippen LogP contribution in [0.15, 0.2) is 0 Å². The highest BCUT2D eigenvalue weighted by atomic mass is 16.3. The Morgan fingerprint density at radius 1 is 1.54 bits per heavy atom. The van der Waals surface area contributed by atoms with E-state index in [1.807, 2.05) is 0 Å². The molecule has 0 saturated carbocycles. The van der Waals surface area contributed by atoms with E-state index >= 15 is 0 Å². The van der Waals surface area contributed by atoms with Gasteiger partial charge in [-0.1, -0.05) is 0 Å². The van der Waals surface area contributed by atoms with E-state index in [-0.39, 0.29) is 30.6 Å². The Balaban J connectivity index is 2.49. The fourth-order valence-electron chi connectivity index (χ4n) is 1.45. The molecular weight excluding hydrogens is 172 g/mol. The van der Waals surface area contributed by atoms with E-state index in [2.05, 4.69) is 10.6 Å². The zero-order chi connectivity index (χ0) is 9.84. The van der Waals surface area contributed by atoms with Gasteiger partial charge in [-0.15, -0.1) is 0 Å². The van der Waals surface area contributed by atoms with Gasteiger partial charge in [-0.25, -0.2) is 0 Å². The number of imide groups is 1. The van der Waals surface area contributed by atoms with Gasteiger partial charge in [-0.2, -0.15) is 0 Å².